The Labute approximate surface area is 108 Å². The summed E-state index contributed by atoms with van der Waals surface area (Å²) in [7, 11) is 0. The highest BCUT2D eigenvalue weighted by Gasteiger charge is 2.42. The third-order valence-corrected chi connectivity index (χ3v) is 2.80. The third-order valence-electron chi connectivity index (χ3n) is 2.80. The molecule has 0 aromatic heterocycles. The molecule has 1 fully saturated rings. The highest BCUT2D eigenvalue weighted by atomic mass is 19.4. The van der Waals surface area contributed by atoms with Gasteiger partial charge < -0.3 is 0 Å². The first-order valence-electron chi connectivity index (χ1n) is 5.86. The van der Waals surface area contributed by atoms with Crippen molar-refractivity contribution in [2.24, 2.45) is 11.8 Å². The van der Waals surface area contributed by atoms with Gasteiger partial charge in [-0.3, -0.25) is 19.8 Å². The number of imide groups is 2. The van der Waals surface area contributed by atoms with Crippen LogP contribution in [0.25, 0.3) is 0 Å². The molecule has 8 heteroatoms. The topological polar surface area (TPSA) is 66.5 Å². The van der Waals surface area contributed by atoms with E-state index >= 15 is 0 Å². The van der Waals surface area contributed by atoms with E-state index in [2.05, 4.69) is 0 Å². The Morgan fingerprint density at radius 1 is 1.26 bits per heavy atom. The predicted octanol–water partition coefficient (Wildman–Crippen LogP) is 1.68. The number of carbonyl (C=O) groups excluding carboxylic acids is 3. The molecule has 0 spiro atoms. The molecule has 1 atom stereocenters. The minimum Gasteiger partial charge on any atom is -0.277 e. The van der Waals surface area contributed by atoms with Crippen molar-refractivity contribution in [1.29, 1.82) is 0 Å². The van der Waals surface area contributed by atoms with Gasteiger partial charge in [0.05, 0.1) is 0 Å². The molecular formula is C11H15F3N2O3. The first-order chi connectivity index (χ1) is 8.63. The maximum absolute atomic E-state index is 12.0. The summed E-state index contributed by atoms with van der Waals surface area (Å²) in [5, 5.41) is 1.98. The fourth-order valence-electron chi connectivity index (χ4n) is 1.87. The van der Waals surface area contributed by atoms with Crippen LogP contribution >= 0.6 is 0 Å². The van der Waals surface area contributed by atoms with Gasteiger partial charge in [0.1, 0.15) is 5.92 Å². The lowest BCUT2D eigenvalue weighted by Crippen LogP contribution is -2.59. The molecule has 1 aliphatic rings. The Hall–Kier alpha value is -1.60. The summed E-state index contributed by atoms with van der Waals surface area (Å²) < 4.78 is 36.0. The van der Waals surface area contributed by atoms with Crippen molar-refractivity contribution in [2.75, 3.05) is 6.54 Å². The molecule has 0 radical (unpaired) electrons. The largest absolute Gasteiger partial charge is 0.389 e. The summed E-state index contributed by atoms with van der Waals surface area (Å²) in [5.41, 5.74) is 0. The zero-order valence-electron chi connectivity index (χ0n) is 10.6. The summed E-state index contributed by atoms with van der Waals surface area (Å²) in [4.78, 5) is 35.5. The van der Waals surface area contributed by atoms with Crippen molar-refractivity contribution < 1.29 is 27.6 Å². The van der Waals surface area contributed by atoms with Crippen molar-refractivity contribution >= 4 is 17.8 Å². The molecule has 0 saturated carbocycles. The summed E-state index contributed by atoms with van der Waals surface area (Å²) >= 11 is 0. The number of hydrogen-bond acceptors (Lipinski definition) is 3. The fourth-order valence-corrected chi connectivity index (χ4v) is 1.87. The van der Waals surface area contributed by atoms with Gasteiger partial charge in [-0.1, -0.05) is 13.8 Å². The van der Waals surface area contributed by atoms with E-state index in [1.165, 1.54) is 0 Å². The Morgan fingerprint density at radius 2 is 1.84 bits per heavy atom. The molecule has 0 bridgehead atoms. The van der Waals surface area contributed by atoms with Crippen molar-refractivity contribution in [2.45, 2.75) is 32.9 Å². The summed E-state index contributed by atoms with van der Waals surface area (Å²) in [6.45, 7) is 2.92. The lowest BCUT2D eigenvalue weighted by atomic mass is 9.92. The van der Waals surface area contributed by atoms with E-state index in [9.17, 15) is 27.6 Å². The average molecular weight is 280 g/mol. The molecule has 1 saturated heterocycles. The predicted molar refractivity (Wildman–Crippen MR) is 58.9 cm³/mol. The standard InChI is InChI=1S/C11H15F3N2O3/c1-6(2)7-8(17)15-10(19)16(9(7)18)5-3-4-11(12,13)14/h6-7H,3-5H2,1-2H3,(H,15,17,19). The molecule has 1 N–H and O–H groups in total. The molecule has 5 nitrogen and oxygen atoms in total. The second-order valence-corrected chi connectivity index (χ2v) is 4.72. The van der Waals surface area contributed by atoms with Crippen LogP contribution in [0.2, 0.25) is 0 Å². The van der Waals surface area contributed by atoms with E-state index in [0.29, 0.717) is 4.90 Å². The Kier molecular flexibility index (Phi) is 4.54. The number of amides is 4. The number of nitrogens with zero attached hydrogens (tertiary/aromatic N) is 1. The zero-order chi connectivity index (χ0) is 14.8. The van der Waals surface area contributed by atoms with Crippen LogP contribution in [0.15, 0.2) is 0 Å². The van der Waals surface area contributed by atoms with E-state index in [4.69, 9.17) is 0 Å². The van der Waals surface area contributed by atoms with Gasteiger partial charge in [0.2, 0.25) is 11.8 Å². The number of alkyl halides is 3. The highest BCUT2D eigenvalue weighted by Crippen LogP contribution is 2.23. The second kappa shape index (κ2) is 5.58. The maximum atomic E-state index is 12.0. The molecule has 0 aliphatic carbocycles. The number of halogens is 3. The van der Waals surface area contributed by atoms with Gasteiger partial charge in [-0.2, -0.15) is 13.2 Å². The molecule has 1 rings (SSSR count). The summed E-state index contributed by atoms with van der Waals surface area (Å²) in [6, 6.07) is -0.950. The van der Waals surface area contributed by atoms with E-state index in [1.807, 2.05) is 5.32 Å². The van der Waals surface area contributed by atoms with Gasteiger partial charge >= 0.3 is 12.2 Å². The van der Waals surface area contributed by atoms with Crippen LogP contribution < -0.4 is 5.32 Å². The van der Waals surface area contributed by atoms with E-state index in [-0.39, 0.29) is 18.9 Å². The minimum absolute atomic E-state index is 0.328. The van der Waals surface area contributed by atoms with Crippen molar-refractivity contribution in [3.05, 3.63) is 0 Å². The van der Waals surface area contributed by atoms with Crippen molar-refractivity contribution in [3.63, 3.8) is 0 Å². The molecule has 1 aliphatic heterocycles. The van der Waals surface area contributed by atoms with Crippen molar-refractivity contribution in [3.8, 4) is 0 Å². The lowest BCUT2D eigenvalue weighted by molar-refractivity contribution is -0.147. The zero-order valence-corrected chi connectivity index (χ0v) is 10.6. The fraction of sp³-hybridized carbons (Fsp3) is 0.727. The monoisotopic (exact) mass is 280 g/mol. The van der Waals surface area contributed by atoms with Crippen LogP contribution in [-0.4, -0.2) is 35.5 Å². The van der Waals surface area contributed by atoms with Crippen LogP contribution in [0.3, 0.4) is 0 Å². The number of rotatable bonds is 4. The highest BCUT2D eigenvalue weighted by molar-refractivity contribution is 6.16. The Balaban J connectivity index is 2.69. The normalized spacial score (nSPS) is 21.1. The third kappa shape index (κ3) is 3.93. The van der Waals surface area contributed by atoms with Crippen LogP contribution in [0.4, 0.5) is 18.0 Å². The van der Waals surface area contributed by atoms with Crippen LogP contribution in [-0.2, 0) is 9.59 Å². The van der Waals surface area contributed by atoms with E-state index in [0.717, 1.165) is 0 Å². The molecule has 0 aromatic rings. The Bertz CT molecular complexity index is 393. The first kappa shape index (κ1) is 15.5. The lowest BCUT2D eigenvalue weighted by Gasteiger charge is -2.31. The van der Waals surface area contributed by atoms with Gasteiger partial charge in [0.15, 0.2) is 0 Å². The molecule has 4 amide bonds. The molecule has 1 heterocycles. The maximum Gasteiger partial charge on any atom is 0.389 e. The van der Waals surface area contributed by atoms with Gasteiger partial charge in [-0.05, 0) is 12.3 Å². The average Bonchev–Trinajstić information content (AvgIpc) is 2.20. The van der Waals surface area contributed by atoms with Crippen molar-refractivity contribution in [1.82, 2.24) is 10.2 Å². The summed E-state index contributed by atoms with van der Waals surface area (Å²) in [6.07, 6.45) is -5.78. The second-order valence-electron chi connectivity index (χ2n) is 4.72. The number of urea groups is 1. The number of carbonyl (C=O) groups is 3. The quantitative estimate of drug-likeness (QED) is 0.797. The van der Waals surface area contributed by atoms with Crippen LogP contribution in [0.5, 0.6) is 0 Å². The first-order valence-corrected chi connectivity index (χ1v) is 5.86. The molecular weight excluding hydrogens is 265 g/mol. The molecule has 108 valence electrons. The van der Waals surface area contributed by atoms with Gasteiger partial charge in [0.25, 0.3) is 0 Å². The number of hydrogen-bond donors (Lipinski definition) is 1. The molecule has 0 aromatic carbocycles. The number of nitrogens with one attached hydrogen (secondary N) is 1. The SMILES string of the molecule is CC(C)C1C(=O)NC(=O)N(CCCC(F)(F)F)C1=O. The smallest absolute Gasteiger partial charge is 0.277 e. The minimum atomic E-state index is -4.33. The summed E-state index contributed by atoms with van der Waals surface area (Å²) in [5.74, 6) is -2.78. The van der Waals surface area contributed by atoms with Crippen LogP contribution in [0.1, 0.15) is 26.7 Å². The van der Waals surface area contributed by atoms with Gasteiger partial charge in [-0.25, -0.2) is 4.79 Å². The van der Waals surface area contributed by atoms with Gasteiger partial charge in [0, 0.05) is 13.0 Å². The molecule has 19 heavy (non-hydrogen) atoms. The van der Waals surface area contributed by atoms with E-state index < -0.39 is 36.4 Å². The van der Waals surface area contributed by atoms with Gasteiger partial charge in [-0.15, -0.1) is 0 Å². The Morgan fingerprint density at radius 3 is 2.32 bits per heavy atom. The number of barbiturate groups is 1. The molecule has 1 unspecified atom stereocenters. The van der Waals surface area contributed by atoms with E-state index in [1.54, 1.807) is 13.8 Å². The van der Waals surface area contributed by atoms with Crippen LogP contribution in [0, 0.1) is 11.8 Å².